The molecule has 0 spiro atoms. The van der Waals surface area contributed by atoms with Crippen LogP contribution in [0.1, 0.15) is 37.8 Å². The molecule has 2 atom stereocenters. The van der Waals surface area contributed by atoms with E-state index in [-0.39, 0.29) is 6.03 Å². The van der Waals surface area contributed by atoms with Crippen LogP contribution in [0.4, 0.5) is 4.79 Å². The Labute approximate surface area is 176 Å². The van der Waals surface area contributed by atoms with Crippen LogP contribution in [0.15, 0.2) is 24.3 Å². The fraction of sp³-hybridized carbons (Fsp3) is 0.696. The van der Waals surface area contributed by atoms with Crippen LogP contribution in [-0.4, -0.2) is 68.3 Å². The van der Waals surface area contributed by atoms with Crippen molar-refractivity contribution in [3.63, 3.8) is 0 Å². The van der Waals surface area contributed by atoms with E-state index in [1.165, 1.54) is 25.1 Å². The monoisotopic (exact) mass is 402 g/mol. The lowest BCUT2D eigenvalue weighted by Crippen LogP contribution is -2.39. The number of nitrogens with one attached hydrogen (secondary N) is 2. The molecule has 0 bridgehead atoms. The summed E-state index contributed by atoms with van der Waals surface area (Å²) >= 11 is 0. The van der Waals surface area contributed by atoms with Crippen molar-refractivity contribution >= 4 is 6.03 Å². The van der Waals surface area contributed by atoms with E-state index in [2.05, 4.69) is 58.5 Å². The fourth-order valence-electron chi connectivity index (χ4n) is 4.52. The van der Waals surface area contributed by atoms with Crippen molar-refractivity contribution in [1.82, 2.24) is 20.4 Å². The molecule has 0 aromatic heterocycles. The van der Waals surface area contributed by atoms with Gasteiger partial charge in [0.2, 0.25) is 0 Å². The summed E-state index contributed by atoms with van der Waals surface area (Å²) < 4.78 is 5.35. The number of hydrogen-bond acceptors (Lipinski definition) is 4. The molecule has 6 nitrogen and oxygen atoms in total. The second-order valence-electron chi connectivity index (χ2n) is 8.87. The van der Waals surface area contributed by atoms with Gasteiger partial charge in [0.25, 0.3) is 0 Å². The molecule has 162 valence electrons. The molecule has 2 N–H and O–H groups in total. The molecule has 0 saturated carbocycles. The number of benzene rings is 1. The first-order valence-corrected chi connectivity index (χ1v) is 11.2. The Bertz CT molecular complexity index is 606. The number of likely N-dealkylation sites (tertiary alicyclic amines) is 1. The summed E-state index contributed by atoms with van der Waals surface area (Å²) in [6.45, 7) is 14.0. The highest BCUT2D eigenvalue weighted by molar-refractivity contribution is 5.73. The predicted molar refractivity (Wildman–Crippen MR) is 117 cm³/mol. The maximum atomic E-state index is 12.0. The quantitative estimate of drug-likeness (QED) is 0.657. The second kappa shape index (κ2) is 11.5. The number of nitrogens with zero attached hydrogens (tertiary/aromatic N) is 2. The van der Waals surface area contributed by atoms with E-state index < -0.39 is 0 Å². The first kappa shape index (κ1) is 22.1. The first-order chi connectivity index (χ1) is 14.1. The number of carbonyl (C=O) groups is 1. The van der Waals surface area contributed by atoms with Gasteiger partial charge in [-0.15, -0.1) is 0 Å². The van der Waals surface area contributed by atoms with Crippen molar-refractivity contribution in [2.75, 3.05) is 52.5 Å². The van der Waals surface area contributed by atoms with Crippen LogP contribution in [0, 0.1) is 11.8 Å². The fourth-order valence-corrected chi connectivity index (χ4v) is 4.52. The van der Waals surface area contributed by atoms with E-state index in [4.69, 9.17) is 4.74 Å². The van der Waals surface area contributed by atoms with Gasteiger partial charge in [-0.3, -0.25) is 9.80 Å². The van der Waals surface area contributed by atoms with Crippen LogP contribution < -0.4 is 10.6 Å². The van der Waals surface area contributed by atoms with Gasteiger partial charge in [-0.1, -0.05) is 38.1 Å². The van der Waals surface area contributed by atoms with E-state index in [0.29, 0.717) is 13.1 Å². The third-order valence-electron chi connectivity index (χ3n) is 5.87. The molecule has 29 heavy (non-hydrogen) atoms. The lowest BCUT2D eigenvalue weighted by molar-refractivity contribution is 0.0375. The SMILES string of the molecule is C[C@@H]1C[C@@H](C)CN(Cc2ccc(CNC(=O)NCCCN3CCOCC3)cc2)C1. The Morgan fingerprint density at radius 1 is 1.00 bits per heavy atom. The Kier molecular flexibility index (Phi) is 8.77. The third kappa shape index (κ3) is 7.96. The molecule has 2 saturated heterocycles. The van der Waals surface area contributed by atoms with Gasteiger partial charge in [-0.2, -0.15) is 0 Å². The van der Waals surface area contributed by atoms with Crippen molar-refractivity contribution in [3.8, 4) is 0 Å². The molecule has 2 aliphatic rings. The summed E-state index contributed by atoms with van der Waals surface area (Å²) in [7, 11) is 0. The third-order valence-corrected chi connectivity index (χ3v) is 5.87. The average molecular weight is 403 g/mol. The van der Waals surface area contributed by atoms with Crippen molar-refractivity contribution in [2.45, 2.75) is 39.8 Å². The lowest BCUT2D eigenvalue weighted by atomic mass is 9.91. The maximum absolute atomic E-state index is 12.0. The van der Waals surface area contributed by atoms with Gasteiger partial charge < -0.3 is 15.4 Å². The Morgan fingerprint density at radius 2 is 1.66 bits per heavy atom. The molecular weight excluding hydrogens is 364 g/mol. The number of ether oxygens (including phenoxy) is 1. The molecule has 2 fully saturated rings. The summed E-state index contributed by atoms with van der Waals surface area (Å²) in [5.74, 6) is 1.57. The van der Waals surface area contributed by atoms with Gasteiger partial charge in [0.05, 0.1) is 13.2 Å². The number of carbonyl (C=O) groups excluding carboxylic acids is 1. The molecule has 3 rings (SSSR count). The number of piperidine rings is 1. The van der Waals surface area contributed by atoms with E-state index >= 15 is 0 Å². The van der Waals surface area contributed by atoms with Crippen LogP contribution in [0.5, 0.6) is 0 Å². The van der Waals surface area contributed by atoms with Crippen molar-refractivity contribution in [3.05, 3.63) is 35.4 Å². The molecule has 2 heterocycles. The first-order valence-electron chi connectivity index (χ1n) is 11.2. The molecule has 2 aliphatic heterocycles. The smallest absolute Gasteiger partial charge is 0.315 e. The number of hydrogen-bond donors (Lipinski definition) is 2. The zero-order valence-electron chi connectivity index (χ0n) is 18.2. The number of morpholine rings is 1. The van der Waals surface area contributed by atoms with E-state index in [0.717, 1.165) is 63.2 Å². The number of rotatable bonds is 8. The highest BCUT2D eigenvalue weighted by Gasteiger charge is 2.21. The Balaban J connectivity index is 1.30. The van der Waals surface area contributed by atoms with Crippen LogP contribution in [0.3, 0.4) is 0 Å². The topological polar surface area (TPSA) is 56.8 Å². The normalized spacial score (nSPS) is 23.7. The van der Waals surface area contributed by atoms with Gasteiger partial charge in [-0.25, -0.2) is 4.79 Å². The molecule has 1 aromatic carbocycles. The molecule has 1 aromatic rings. The van der Waals surface area contributed by atoms with Gasteiger partial charge in [0.15, 0.2) is 0 Å². The van der Waals surface area contributed by atoms with Crippen molar-refractivity contribution < 1.29 is 9.53 Å². The minimum atomic E-state index is -0.0904. The van der Waals surface area contributed by atoms with Crippen LogP contribution in [0.25, 0.3) is 0 Å². The lowest BCUT2D eigenvalue weighted by Gasteiger charge is -2.35. The molecule has 0 aliphatic carbocycles. The van der Waals surface area contributed by atoms with E-state index in [1.54, 1.807) is 0 Å². The van der Waals surface area contributed by atoms with Crippen LogP contribution in [-0.2, 0) is 17.8 Å². The number of amides is 2. The molecule has 0 radical (unpaired) electrons. The largest absolute Gasteiger partial charge is 0.379 e. The average Bonchev–Trinajstić information content (AvgIpc) is 2.71. The molecule has 0 unspecified atom stereocenters. The summed E-state index contributed by atoms with van der Waals surface area (Å²) in [6, 6.07) is 8.56. The molecule has 2 amide bonds. The van der Waals surface area contributed by atoms with Gasteiger partial charge in [-0.05, 0) is 42.3 Å². The predicted octanol–water partition coefficient (Wildman–Crippen LogP) is 2.69. The second-order valence-corrected chi connectivity index (χ2v) is 8.87. The highest BCUT2D eigenvalue weighted by atomic mass is 16.5. The summed E-state index contributed by atoms with van der Waals surface area (Å²) in [5.41, 5.74) is 2.49. The Hall–Kier alpha value is -1.63. The Morgan fingerprint density at radius 3 is 2.34 bits per heavy atom. The minimum Gasteiger partial charge on any atom is -0.379 e. The van der Waals surface area contributed by atoms with Crippen LogP contribution >= 0.6 is 0 Å². The summed E-state index contributed by atoms with van der Waals surface area (Å²) in [5, 5.41) is 5.91. The summed E-state index contributed by atoms with van der Waals surface area (Å²) in [4.78, 5) is 16.9. The van der Waals surface area contributed by atoms with E-state index in [1.807, 2.05) is 0 Å². The molecule has 6 heteroatoms. The van der Waals surface area contributed by atoms with Crippen LogP contribution in [0.2, 0.25) is 0 Å². The summed E-state index contributed by atoms with van der Waals surface area (Å²) in [6.07, 6.45) is 2.31. The number of urea groups is 1. The molecular formula is C23H38N4O2. The zero-order chi connectivity index (χ0) is 20.5. The highest BCUT2D eigenvalue weighted by Crippen LogP contribution is 2.22. The maximum Gasteiger partial charge on any atom is 0.315 e. The standard InChI is InChI=1S/C23H38N4O2/c1-19-14-20(2)17-27(16-19)18-22-6-4-21(5-7-22)15-25-23(28)24-8-3-9-26-10-12-29-13-11-26/h4-7,19-20H,3,8-18H2,1-2H3,(H2,24,25,28)/t19-,20-/m1/s1. The zero-order valence-corrected chi connectivity index (χ0v) is 18.2. The van der Waals surface area contributed by atoms with Crippen molar-refractivity contribution in [1.29, 1.82) is 0 Å². The van der Waals surface area contributed by atoms with Crippen molar-refractivity contribution in [2.24, 2.45) is 11.8 Å². The minimum absolute atomic E-state index is 0.0904. The van der Waals surface area contributed by atoms with Gasteiger partial charge >= 0.3 is 6.03 Å². The van der Waals surface area contributed by atoms with Gasteiger partial charge in [0, 0.05) is 45.8 Å². The van der Waals surface area contributed by atoms with E-state index in [9.17, 15) is 4.79 Å². The van der Waals surface area contributed by atoms with Gasteiger partial charge in [0.1, 0.15) is 0 Å².